The molecule has 25 heavy (non-hydrogen) atoms. The van der Waals surface area contributed by atoms with Crippen molar-refractivity contribution in [1.82, 2.24) is 0 Å². The van der Waals surface area contributed by atoms with Crippen LogP contribution >= 0.6 is 0 Å². The lowest BCUT2D eigenvalue weighted by Gasteiger charge is -2.02. The number of ether oxygens (including phenoxy) is 1. The van der Waals surface area contributed by atoms with Crippen molar-refractivity contribution in [2.45, 2.75) is 58.5 Å². The van der Waals surface area contributed by atoms with Gasteiger partial charge in [-0.3, -0.25) is 0 Å². The van der Waals surface area contributed by atoms with E-state index in [0.29, 0.717) is 5.92 Å². The summed E-state index contributed by atoms with van der Waals surface area (Å²) in [4.78, 5) is 0. The maximum absolute atomic E-state index is 5.55. The lowest BCUT2D eigenvalue weighted by Crippen LogP contribution is -1.97. The van der Waals surface area contributed by atoms with E-state index >= 15 is 0 Å². The fourth-order valence-electron chi connectivity index (χ4n) is 2.43. The Balaban J connectivity index is 2.07. The topological polar surface area (TPSA) is 9.23 Å². The fraction of sp³-hybridized carbons (Fsp3) is 0.417. The Morgan fingerprint density at radius 3 is 2.36 bits per heavy atom. The van der Waals surface area contributed by atoms with Crippen LogP contribution in [-0.2, 0) is 4.74 Å². The van der Waals surface area contributed by atoms with Crippen LogP contribution in [0.2, 0.25) is 0 Å². The molecule has 1 fully saturated rings. The Morgan fingerprint density at radius 2 is 1.72 bits per heavy atom. The van der Waals surface area contributed by atoms with E-state index in [-0.39, 0.29) is 6.10 Å². The molecule has 0 saturated carbocycles. The van der Waals surface area contributed by atoms with Crippen molar-refractivity contribution in [3.63, 3.8) is 0 Å². The summed E-state index contributed by atoms with van der Waals surface area (Å²) in [5.41, 5.74) is 0. The lowest BCUT2D eigenvalue weighted by molar-refractivity contribution is 0.203. The van der Waals surface area contributed by atoms with E-state index in [9.17, 15) is 0 Å². The van der Waals surface area contributed by atoms with Gasteiger partial charge >= 0.3 is 0 Å². The molecule has 1 rings (SSSR count). The number of hydrogen-bond acceptors (Lipinski definition) is 1. The van der Waals surface area contributed by atoms with Gasteiger partial charge in [-0.25, -0.2) is 0 Å². The maximum Gasteiger partial charge on any atom is 0.117 e. The standard InChI is InChI=1S/C24H34O/c1-4-5-14-17-22(2)18-15-12-10-8-6-7-9-11-13-16-19-24-21-20-23(3)25-24/h5-7,10-16,18-19,22,24H,3-4,8-9,17,20-21H2,1-2H3/b7-6-,12-10-,13-11-,14-5-,18-15+,19-16+/t22-,24-/m0/s1. The van der Waals surface area contributed by atoms with Crippen molar-refractivity contribution in [2.75, 3.05) is 0 Å². The van der Waals surface area contributed by atoms with Gasteiger partial charge in [-0.1, -0.05) is 87.3 Å². The van der Waals surface area contributed by atoms with E-state index in [1.165, 1.54) is 0 Å². The second-order valence-corrected chi connectivity index (χ2v) is 6.40. The van der Waals surface area contributed by atoms with Crippen LogP contribution in [0.25, 0.3) is 0 Å². The molecule has 1 aliphatic heterocycles. The van der Waals surface area contributed by atoms with Crippen LogP contribution in [0.4, 0.5) is 0 Å². The van der Waals surface area contributed by atoms with Gasteiger partial charge in [0.05, 0.1) is 5.76 Å². The summed E-state index contributed by atoms with van der Waals surface area (Å²) in [6.45, 7) is 8.26. The van der Waals surface area contributed by atoms with Crippen LogP contribution in [0.5, 0.6) is 0 Å². The molecule has 0 radical (unpaired) electrons. The van der Waals surface area contributed by atoms with Gasteiger partial charge in [0, 0.05) is 6.42 Å². The van der Waals surface area contributed by atoms with E-state index < -0.39 is 0 Å². The van der Waals surface area contributed by atoms with Crippen molar-refractivity contribution < 1.29 is 4.74 Å². The summed E-state index contributed by atoms with van der Waals surface area (Å²) in [5, 5.41) is 0. The first kappa shape index (κ1) is 21.0. The Morgan fingerprint density at radius 1 is 1.00 bits per heavy atom. The smallest absolute Gasteiger partial charge is 0.117 e. The molecule has 0 N–H and O–H groups in total. The summed E-state index contributed by atoms with van der Waals surface area (Å²) in [6, 6.07) is 0. The molecule has 1 heterocycles. The first-order chi connectivity index (χ1) is 12.2. The zero-order chi connectivity index (χ0) is 18.2. The van der Waals surface area contributed by atoms with Gasteiger partial charge in [0.2, 0.25) is 0 Å². The average molecular weight is 339 g/mol. The SMILES string of the molecule is C=C1CC[C@H](/C=C/C=C\C/C=C\C/C=C\C=C\[C@@H](C)C/C=C\CC)O1. The molecule has 0 bridgehead atoms. The first-order valence-electron chi connectivity index (χ1n) is 9.53. The Bertz CT molecular complexity index is 528. The fourth-order valence-corrected chi connectivity index (χ4v) is 2.43. The molecule has 0 aliphatic carbocycles. The summed E-state index contributed by atoms with van der Waals surface area (Å²) in [7, 11) is 0. The predicted molar refractivity (Wildman–Crippen MR) is 111 cm³/mol. The zero-order valence-electron chi connectivity index (χ0n) is 15.9. The molecule has 0 aromatic heterocycles. The van der Waals surface area contributed by atoms with Crippen molar-refractivity contribution in [3.8, 4) is 0 Å². The van der Waals surface area contributed by atoms with E-state index in [4.69, 9.17) is 4.74 Å². The lowest BCUT2D eigenvalue weighted by atomic mass is 10.1. The van der Waals surface area contributed by atoms with Gasteiger partial charge in [-0.2, -0.15) is 0 Å². The number of hydrogen-bond donors (Lipinski definition) is 0. The van der Waals surface area contributed by atoms with Crippen LogP contribution in [0.15, 0.2) is 85.3 Å². The van der Waals surface area contributed by atoms with Crippen LogP contribution in [0.1, 0.15) is 52.4 Å². The molecular weight excluding hydrogens is 304 g/mol. The minimum atomic E-state index is 0.219. The zero-order valence-corrected chi connectivity index (χ0v) is 15.9. The van der Waals surface area contributed by atoms with Gasteiger partial charge in [0.25, 0.3) is 0 Å². The Kier molecular flexibility index (Phi) is 12.1. The average Bonchev–Trinajstić information content (AvgIpc) is 3.01. The van der Waals surface area contributed by atoms with E-state index in [1.807, 2.05) is 0 Å². The van der Waals surface area contributed by atoms with Crippen LogP contribution in [0, 0.1) is 5.92 Å². The van der Waals surface area contributed by atoms with Crippen molar-refractivity contribution >= 4 is 0 Å². The Labute approximate surface area is 154 Å². The second-order valence-electron chi connectivity index (χ2n) is 6.40. The molecule has 1 saturated heterocycles. The normalized spacial score (nSPS) is 20.4. The highest BCUT2D eigenvalue weighted by atomic mass is 16.5. The molecular formula is C24H34O. The molecule has 1 nitrogen and oxygen atoms in total. The molecule has 0 aromatic rings. The maximum atomic E-state index is 5.55. The largest absolute Gasteiger partial charge is 0.491 e. The van der Waals surface area contributed by atoms with Gasteiger partial charge in [-0.05, 0) is 44.1 Å². The van der Waals surface area contributed by atoms with Gasteiger partial charge < -0.3 is 4.74 Å². The summed E-state index contributed by atoms with van der Waals surface area (Å²) >= 11 is 0. The minimum absolute atomic E-state index is 0.219. The number of rotatable bonds is 11. The van der Waals surface area contributed by atoms with Crippen LogP contribution in [-0.4, -0.2) is 6.10 Å². The molecule has 0 spiro atoms. The van der Waals surface area contributed by atoms with Crippen molar-refractivity contribution in [3.05, 3.63) is 85.3 Å². The van der Waals surface area contributed by atoms with Crippen molar-refractivity contribution in [1.29, 1.82) is 0 Å². The first-order valence-corrected chi connectivity index (χ1v) is 9.53. The molecule has 136 valence electrons. The third kappa shape index (κ3) is 12.1. The van der Waals surface area contributed by atoms with Crippen LogP contribution < -0.4 is 0 Å². The number of allylic oxidation sites excluding steroid dienone is 12. The van der Waals surface area contributed by atoms with Gasteiger partial charge in [0.1, 0.15) is 6.10 Å². The van der Waals surface area contributed by atoms with Crippen molar-refractivity contribution in [2.24, 2.45) is 5.92 Å². The molecule has 1 aliphatic rings. The molecule has 0 amide bonds. The second kappa shape index (κ2) is 14.3. The van der Waals surface area contributed by atoms with E-state index in [0.717, 1.165) is 44.3 Å². The Hall–Kier alpha value is -2.02. The van der Waals surface area contributed by atoms with E-state index in [1.54, 1.807) is 0 Å². The third-order valence-corrected chi connectivity index (χ3v) is 3.91. The minimum Gasteiger partial charge on any atom is -0.491 e. The van der Waals surface area contributed by atoms with Gasteiger partial charge in [0.15, 0.2) is 0 Å². The van der Waals surface area contributed by atoms with Crippen LogP contribution in [0.3, 0.4) is 0 Å². The highest BCUT2D eigenvalue weighted by molar-refractivity contribution is 5.10. The summed E-state index contributed by atoms with van der Waals surface area (Å²) < 4.78 is 5.55. The molecule has 2 atom stereocenters. The summed E-state index contributed by atoms with van der Waals surface area (Å²) in [6.07, 6.45) is 32.5. The molecule has 0 unspecified atom stereocenters. The predicted octanol–water partition coefficient (Wildman–Crippen LogP) is 7.23. The highest BCUT2D eigenvalue weighted by Gasteiger charge is 2.14. The highest BCUT2D eigenvalue weighted by Crippen LogP contribution is 2.21. The van der Waals surface area contributed by atoms with E-state index in [2.05, 4.69) is 93.3 Å². The van der Waals surface area contributed by atoms with Gasteiger partial charge in [-0.15, -0.1) is 0 Å². The summed E-state index contributed by atoms with van der Waals surface area (Å²) in [5.74, 6) is 1.51. The quantitative estimate of drug-likeness (QED) is 0.285. The third-order valence-electron chi connectivity index (χ3n) is 3.91. The molecule has 1 heteroatoms. The molecule has 0 aromatic carbocycles. The monoisotopic (exact) mass is 338 g/mol.